The summed E-state index contributed by atoms with van der Waals surface area (Å²) in [5.41, 5.74) is 2.78. The van der Waals surface area contributed by atoms with Crippen molar-refractivity contribution < 1.29 is 0 Å². The van der Waals surface area contributed by atoms with Gasteiger partial charge in [0.15, 0.2) is 0 Å². The summed E-state index contributed by atoms with van der Waals surface area (Å²) < 4.78 is 0. The van der Waals surface area contributed by atoms with Crippen LogP contribution >= 0.6 is 0 Å². The molecule has 1 fully saturated rings. The number of nitrogens with one attached hydrogen (secondary N) is 1. The van der Waals surface area contributed by atoms with Gasteiger partial charge in [-0.1, -0.05) is 12.1 Å². The third-order valence-corrected chi connectivity index (χ3v) is 3.43. The summed E-state index contributed by atoms with van der Waals surface area (Å²) >= 11 is 0. The van der Waals surface area contributed by atoms with Gasteiger partial charge in [0.1, 0.15) is 0 Å². The van der Waals surface area contributed by atoms with Gasteiger partial charge in [0, 0.05) is 19.8 Å². The van der Waals surface area contributed by atoms with Crippen LogP contribution in [0.4, 0.5) is 5.69 Å². The zero-order valence-electron chi connectivity index (χ0n) is 10.4. The van der Waals surface area contributed by atoms with E-state index in [9.17, 15) is 0 Å². The van der Waals surface area contributed by atoms with Crippen molar-refractivity contribution in [1.29, 1.82) is 0 Å². The van der Waals surface area contributed by atoms with Crippen LogP contribution < -0.4 is 10.2 Å². The summed E-state index contributed by atoms with van der Waals surface area (Å²) in [6, 6.07) is 8.88. The molecule has 1 heterocycles. The second kappa shape index (κ2) is 5.35. The van der Waals surface area contributed by atoms with Crippen molar-refractivity contribution in [2.24, 2.45) is 5.92 Å². The van der Waals surface area contributed by atoms with Gasteiger partial charge in [-0.05, 0) is 56.0 Å². The molecule has 1 aromatic carbocycles. The fourth-order valence-corrected chi connectivity index (χ4v) is 2.32. The first-order valence-electron chi connectivity index (χ1n) is 6.22. The number of benzene rings is 1. The summed E-state index contributed by atoms with van der Waals surface area (Å²) in [7, 11) is 4.19. The molecule has 0 radical (unpaired) electrons. The number of nitrogens with zero attached hydrogens (tertiary/aromatic N) is 1. The highest BCUT2D eigenvalue weighted by molar-refractivity contribution is 5.47. The lowest BCUT2D eigenvalue weighted by atomic mass is 9.98. The van der Waals surface area contributed by atoms with Crippen molar-refractivity contribution in [1.82, 2.24) is 5.32 Å². The first-order valence-corrected chi connectivity index (χ1v) is 6.22. The SMILES string of the molecule is CN(C)c1cccc(CCC2CCNC2)c1. The van der Waals surface area contributed by atoms with E-state index in [1.54, 1.807) is 0 Å². The van der Waals surface area contributed by atoms with E-state index in [0.717, 1.165) is 5.92 Å². The Morgan fingerprint density at radius 3 is 2.94 bits per heavy atom. The Balaban J connectivity index is 1.90. The molecule has 0 spiro atoms. The van der Waals surface area contributed by atoms with E-state index in [2.05, 4.69) is 48.6 Å². The Morgan fingerprint density at radius 1 is 1.38 bits per heavy atom. The number of rotatable bonds is 4. The second-order valence-electron chi connectivity index (χ2n) is 4.96. The Labute approximate surface area is 98.7 Å². The quantitative estimate of drug-likeness (QED) is 0.834. The molecule has 1 unspecified atom stereocenters. The Hall–Kier alpha value is -1.02. The Morgan fingerprint density at radius 2 is 2.25 bits per heavy atom. The summed E-state index contributed by atoms with van der Waals surface area (Å²) in [4.78, 5) is 2.17. The predicted molar refractivity (Wildman–Crippen MR) is 70.1 cm³/mol. The summed E-state index contributed by atoms with van der Waals surface area (Å²) in [6.45, 7) is 2.43. The first-order chi connectivity index (χ1) is 7.75. The van der Waals surface area contributed by atoms with Crippen LogP contribution in [0.3, 0.4) is 0 Å². The lowest BCUT2D eigenvalue weighted by Crippen LogP contribution is -2.10. The monoisotopic (exact) mass is 218 g/mol. The highest BCUT2D eigenvalue weighted by Crippen LogP contribution is 2.19. The van der Waals surface area contributed by atoms with Crippen molar-refractivity contribution in [2.75, 3.05) is 32.1 Å². The molecule has 0 bridgehead atoms. The largest absolute Gasteiger partial charge is 0.378 e. The van der Waals surface area contributed by atoms with Crippen molar-refractivity contribution in [3.8, 4) is 0 Å². The highest BCUT2D eigenvalue weighted by atomic mass is 15.1. The molecule has 0 amide bonds. The van der Waals surface area contributed by atoms with Crippen LogP contribution in [0.15, 0.2) is 24.3 Å². The van der Waals surface area contributed by atoms with Crippen molar-refractivity contribution in [3.63, 3.8) is 0 Å². The van der Waals surface area contributed by atoms with E-state index >= 15 is 0 Å². The molecule has 0 saturated carbocycles. The van der Waals surface area contributed by atoms with Crippen molar-refractivity contribution >= 4 is 5.69 Å². The third kappa shape index (κ3) is 2.99. The van der Waals surface area contributed by atoms with Crippen molar-refractivity contribution in [3.05, 3.63) is 29.8 Å². The maximum absolute atomic E-state index is 3.43. The van der Waals surface area contributed by atoms with E-state index in [0.29, 0.717) is 0 Å². The fourth-order valence-electron chi connectivity index (χ4n) is 2.32. The van der Waals surface area contributed by atoms with Gasteiger partial charge in [-0.2, -0.15) is 0 Å². The van der Waals surface area contributed by atoms with E-state index in [-0.39, 0.29) is 0 Å². The Kier molecular flexibility index (Phi) is 3.83. The molecule has 1 saturated heterocycles. The van der Waals surface area contributed by atoms with Crippen LogP contribution in [0.2, 0.25) is 0 Å². The maximum Gasteiger partial charge on any atom is 0.0363 e. The minimum Gasteiger partial charge on any atom is -0.378 e. The molecule has 1 aliphatic rings. The molecule has 2 nitrogen and oxygen atoms in total. The zero-order valence-corrected chi connectivity index (χ0v) is 10.4. The second-order valence-corrected chi connectivity index (χ2v) is 4.96. The Bertz CT molecular complexity index is 327. The van der Waals surface area contributed by atoms with E-state index in [1.165, 1.54) is 43.6 Å². The lowest BCUT2D eigenvalue weighted by Gasteiger charge is -2.14. The molecule has 0 aliphatic carbocycles. The van der Waals surface area contributed by atoms with Gasteiger partial charge in [0.2, 0.25) is 0 Å². The van der Waals surface area contributed by atoms with Gasteiger partial charge in [0.25, 0.3) is 0 Å². The van der Waals surface area contributed by atoms with E-state index < -0.39 is 0 Å². The number of aryl methyl sites for hydroxylation is 1. The fraction of sp³-hybridized carbons (Fsp3) is 0.571. The number of anilines is 1. The number of hydrogen-bond donors (Lipinski definition) is 1. The molecule has 1 N–H and O–H groups in total. The molecular weight excluding hydrogens is 196 g/mol. The van der Waals surface area contributed by atoms with Crippen LogP contribution in [0.5, 0.6) is 0 Å². The number of hydrogen-bond acceptors (Lipinski definition) is 2. The highest BCUT2D eigenvalue weighted by Gasteiger charge is 2.13. The molecule has 1 aliphatic heterocycles. The normalized spacial score (nSPS) is 20.0. The molecule has 2 heteroatoms. The standard InChI is InChI=1S/C14H22N2/c1-16(2)14-5-3-4-12(10-14)6-7-13-8-9-15-11-13/h3-5,10,13,15H,6-9,11H2,1-2H3. The van der Waals surface area contributed by atoms with Crippen LogP contribution in [0.25, 0.3) is 0 Å². The third-order valence-electron chi connectivity index (χ3n) is 3.43. The van der Waals surface area contributed by atoms with Gasteiger partial charge < -0.3 is 10.2 Å². The zero-order chi connectivity index (χ0) is 11.4. The first kappa shape index (κ1) is 11.5. The van der Waals surface area contributed by atoms with Crippen LogP contribution in [-0.2, 0) is 6.42 Å². The molecule has 16 heavy (non-hydrogen) atoms. The topological polar surface area (TPSA) is 15.3 Å². The van der Waals surface area contributed by atoms with Gasteiger partial charge in [-0.25, -0.2) is 0 Å². The smallest absolute Gasteiger partial charge is 0.0363 e. The average Bonchev–Trinajstić information content (AvgIpc) is 2.79. The maximum atomic E-state index is 3.43. The molecule has 2 rings (SSSR count). The summed E-state index contributed by atoms with van der Waals surface area (Å²) in [5, 5.41) is 3.43. The molecule has 88 valence electrons. The van der Waals surface area contributed by atoms with Gasteiger partial charge in [-0.15, -0.1) is 0 Å². The molecule has 0 aromatic heterocycles. The molecule has 1 aromatic rings. The summed E-state index contributed by atoms with van der Waals surface area (Å²) in [5.74, 6) is 0.892. The lowest BCUT2D eigenvalue weighted by molar-refractivity contribution is 0.533. The van der Waals surface area contributed by atoms with Gasteiger partial charge >= 0.3 is 0 Å². The van der Waals surface area contributed by atoms with Crippen LogP contribution in [-0.4, -0.2) is 27.2 Å². The minimum absolute atomic E-state index is 0.892. The van der Waals surface area contributed by atoms with E-state index in [4.69, 9.17) is 0 Å². The van der Waals surface area contributed by atoms with Gasteiger partial charge in [0.05, 0.1) is 0 Å². The summed E-state index contributed by atoms with van der Waals surface area (Å²) in [6.07, 6.45) is 3.89. The van der Waals surface area contributed by atoms with Crippen LogP contribution in [0.1, 0.15) is 18.4 Å². The minimum atomic E-state index is 0.892. The molecule has 1 atom stereocenters. The van der Waals surface area contributed by atoms with E-state index in [1.807, 2.05) is 0 Å². The average molecular weight is 218 g/mol. The van der Waals surface area contributed by atoms with Gasteiger partial charge in [-0.3, -0.25) is 0 Å². The van der Waals surface area contributed by atoms with Crippen molar-refractivity contribution in [2.45, 2.75) is 19.3 Å². The molecular formula is C14H22N2. The predicted octanol–water partition coefficient (Wildman–Crippen LogP) is 2.29. The van der Waals surface area contributed by atoms with Crippen LogP contribution in [0, 0.1) is 5.92 Å².